The van der Waals surface area contributed by atoms with Gasteiger partial charge in [-0.2, -0.15) is 0 Å². The number of benzene rings is 2. The van der Waals surface area contributed by atoms with Gasteiger partial charge in [-0.3, -0.25) is 4.79 Å². The summed E-state index contributed by atoms with van der Waals surface area (Å²) in [5.74, 6) is -0.729. The lowest BCUT2D eigenvalue weighted by atomic mass is 10.1. The second kappa shape index (κ2) is 10.3. The summed E-state index contributed by atoms with van der Waals surface area (Å²) in [7, 11) is -3.78. The smallest absolute Gasteiger partial charge is 0.338 e. The summed E-state index contributed by atoms with van der Waals surface area (Å²) in [5.41, 5.74) is 1.87. The molecule has 0 aliphatic carbocycles. The standard InChI is InChI=1S/C23H24N2O6S/c1-3-17-6-10-19(11-7-17)25-22(26)16(2)31-23(27)18-8-12-21(13-9-18)32(28,29)24-15-20-5-4-14-30-20/h4-14,16,24H,3,15H2,1-2H3,(H,25,26)/t16-/m1/s1. The zero-order chi connectivity index (χ0) is 23.1. The van der Waals surface area contributed by atoms with Crippen LogP contribution in [0.3, 0.4) is 0 Å². The number of hydrogen-bond acceptors (Lipinski definition) is 6. The molecule has 1 atom stereocenters. The average Bonchev–Trinajstić information content (AvgIpc) is 3.32. The van der Waals surface area contributed by atoms with Crippen LogP contribution in [0.2, 0.25) is 0 Å². The Morgan fingerprint density at radius 1 is 1.03 bits per heavy atom. The number of carbonyl (C=O) groups excluding carboxylic acids is 2. The van der Waals surface area contributed by atoms with E-state index in [1.165, 1.54) is 37.5 Å². The molecular weight excluding hydrogens is 432 g/mol. The van der Waals surface area contributed by atoms with E-state index in [2.05, 4.69) is 10.0 Å². The van der Waals surface area contributed by atoms with Crippen LogP contribution in [0.5, 0.6) is 0 Å². The van der Waals surface area contributed by atoms with Gasteiger partial charge in [-0.15, -0.1) is 0 Å². The Labute approximate surface area is 186 Å². The van der Waals surface area contributed by atoms with E-state index in [1.807, 2.05) is 19.1 Å². The number of sulfonamides is 1. The lowest BCUT2D eigenvalue weighted by Gasteiger charge is -2.14. The van der Waals surface area contributed by atoms with E-state index in [9.17, 15) is 18.0 Å². The first-order valence-electron chi connectivity index (χ1n) is 10.0. The summed E-state index contributed by atoms with van der Waals surface area (Å²) in [6, 6.07) is 15.9. The molecule has 1 amide bonds. The Morgan fingerprint density at radius 2 is 1.72 bits per heavy atom. The normalized spacial score (nSPS) is 12.2. The second-order valence-electron chi connectivity index (χ2n) is 7.02. The first-order valence-corrected chi connectivity index (χ1v) is 11.5. The highest BCUT2D eigenvalue weighted by atomic mass is 32.2. The molecule has 2 aromatic carbocycles. The lowest BCUT2D eigenvalue weighted by Crippen LogP contribution is -2.30. The third-order valence-corrected chi connectivity index (χ3v) is 6.12. The van der Waals surface area contributed by atoms with Crippen molar-refractivity contribution in [3.63, 3.8) is 0 Å². The molecule has 0 aliphatic heterocycles. The van der Waals surface area contributed by atoms with Crippen LogP contribution in [0.15, 0.2) is 76.2 Å². The van der Waals surface area contributed by atoms with Crippen molar-refractivity contribution < 1.29 is 27.2 Å². The highest BCUT2D eigenvalue weighted by Crippen LogP contribution is 2.14. The third kappa shape index (κ3) is 6.05. The number of esters is 1. The number of rotatable bonds is 9. The molecule has 3 aromatic rings. The van der Waals surface area contributed by atoms with Crippen molar-refractivity contribution >= 4 is 27.6 Å². The van der Waals surface area contributed by atoms with E-state index in [0.717, 1.165) is 12.0 Å². The Bertz CT molecular complexity index is 1150. The maximum absolute atomic E-state index is 12.4. The minimum atomic E-state index is -3.78. The molecule has 1 aromatic heterocycles. The van der Waals surface area contributed by atoms with Crippen molar-refractivity contribution in [2.45, 2.75) is 37.8 Å². The van der Waals surface area contributed by atoms with Crippen molar-refractivity contribution in [1.82, 2.24) is 4.72 Å². The first kappa shape index (κ1) is 23.2. The summed E-state index contributed by atoms with van der Waals surface area (Å²) in [5, 5.41) is 2.69. The first-order chi connectivity index (χ1) is 15.3. The molecule has 1 heterocycles. The fourth-order valence-electron chi connectivity index (χ4n) is 2.78. The fraction of sp³-hybridized carbons (Fsp3) is 0.217. The largest absolute Gasteiger partial charge is 0.468 e. The quantitative estimate of drug-likeness (QED) is 0.476. The number of furan rings is 1. The monoisotopic (exact) mass is 456 g/mol. The molecule has 168 valence electrons. The van der Waals surface area contributed by atoms with Gasteiger partial charge in [0, 0.05) is 5.69 Å². The number of anilines is 1. The van der Waals surface area contributed by atoms with Crippen molar-refractivity contribution in [3.05, 3.63) is 83.8 Å². The van der Waals surface area contributed by atoms with Crippen LogP contribution in [-0.2, 0) is 32.5 Å². The summed E-state index contributed by atoms with van der Waals surface area (Å²) in [6.07, 6.45) is 1.31. The van der Waals surface area contributed by atoms with Gasteiger partial charge in [-0.05, 0) is 67.4 Å². The molecule has 0 saturated heterocycles. The molecule has 0 unspecified atom stereocenters. The van der Waals surface area contributed by atoms with Crippen LogP contribution in [0.1, 0.15) is 35.5 Å². The van der Waals surface area contributed by atoms with Gasteiger partial charge in [0.25, 0.3) is 5.91 Å². The molecule has 2 N–H and O–H groups in total. The zero-order valence-electron chi connectivity index (χ0n) is 17.7. The molecule has 0 spiro atoms. The van der Waals surface area contributed by atoms with Gasteiger partial charge < -0.3 is 14.5 Å². The number of amides is 1. The number of carbonyl (C=O) groups is 2. The van der Waals surface area contributed by atoms with Gasteiger partial charge in [0.2, 0.25) is 10.0 Å². The predicted molar refractivity (Wildman–Crippen MR) is 119 cm³/mol. The molecule has 32 heavy (non-hydrogen) atoms. The lowest BCUT2D eigenvalue weighted by molar-refractivity contribution is -0.123. The van der Waals surface area contributed by atoms with Crippen LogP contribution in [0, 0.1) is 0 Å². The summed E-state index contributed by atoms with van der Waals surface area (Å²) >= 11 is 0. The number of hydrogen-bond donors (Lipinski definition) is 2. The zero-order valence-corrected chi connectivity index (χ0v) is 18.5. The molecular formula is C23H24N2O6S. The number of aryl methyl sites for hydroxylation is 1. The van der Waals surface area contributed by atoms with E-state index in [1.54, 1.807) is 24.3 Å². The predicted octanol–water partition coefficient (Wildman–Crippen LogP) is 3.50. The van der Waals surface area contributed by atoms with E-state index < -0.39 is 28.0 Å². The van der Waals surface area contributed by atoms with Crippen LogP contribution in [0.25, 0.3) is 0 Å². The van der Waals surface area contributed by atoms with Gasteiger partial charge in [0.15, 0.2) is 6.10 Å². The summed E-state index contributed by atoms with van der Waals surface area (Å²) in [6.45, 7) is 3.51. The van der Waals surface area contributed by atoms with Crippen LogP contribution in [0.4, 0.5) is 5.69 Å². The van der Waals surface area contributed by atoms with E-state index in [0.29, 0.717) is 11.4 Å². The molecule has 0 aliphatic rings. The number of ether oxygens (including phenoxy) is 1. The van der Waals surface area contributed by atoms with Gasteiger partial charge in [0.05, 0.1) is 23.3 Å². The minimum Gasteiger partial charge on any atom is -0.468 e. The molecule has 0 radical (unpaired) electrons. The van der Waals surface area contributed by atoms with Gasteiger partial charge >= 0.3 is 5.97 Å². The second-order valence-corrected chi connectivity index (χ2v) is 8.78. The van der Waals surface area contributed by atoms with Crippen molar-refractivity contribution in [2.75, 3.05) is 5.32 Å². The van der Waals surface area contributed by atoms with Crippen molar-refractivity contribution in [1.29, 1.82) is 0 Å². The van der Waals surface area contributed by atoms with Gasteiger partial charge in [0.1, 0.15) is 5.76 Å². The van der Waals surface area contributed by atoms with Crippen LogP contribution < -0.4 is 10.0 Å². The molecule has 0 bridgehead atoms. The van der Waals surface area contributed by atoms with Gasteiger partial charge in [-0.25, -0.2) is 17.9 Å². The molecule has 9 heteroatoms. The summed E-state index contributed by atoms with van der Waals surface area (Å²) < 4.78 is 37.5. The minimum absolute atomic E-state index is 0.00687. The molecule has 0 saturated carbocycles. The van der Waals surface area contributed by atoms with E-state index in [-0.39, 0.29) is 17.0 Å². The van der Waals surface area contributed by atoms with Crippen molar-refractivity contribution in [2.24, 2.45) is 0 Å². The molecule has 8 nitrogen and oxygen atoms in total. The average molecular weight is 457 g/mol. The van der Waals surface area contributed by atoms with Gasteiger partial charge in [-0.1, -0.05) is 19.1 Å². The van der Waals surface area contributed by atoms with E-state index in [4.69, 9.17) is 9.15 Å². The Balaban J connectivity index is 1.56. The highest BCUT2D eigenvalue weighted by molar-refractivity contribution is 7.89. The van der Waals surface area contributed by atoms with Crippen LogP contribution in [-0.4, -0.2) is 26.4 Å². The van der Waals surface area contributed by atoms with Crippen molar-refractivity contribution in [3.8, 4) is 0 Å². The third-order valence-electron chi connectivity index (χ3n) is 4.70. The molecule has 0 fully saturated rings. The highest BCUT2D eigenvalue weighted by Gasteiger charge is 2.20. The van der Waals surface area contributed by atoms with E-state index >= 15 is 0 Å². The summed E-state index contributed by atoms with van der Waals surface area (Å²) in [4.78, 5) is 24.7. The molecule has 3 rings (SSSR count). The Hall–Kier alpha value is -3.43. The fourth-order valence-corrected chi connectivity index (χ4v) is 3.78. The number of nitrogens with one attached hydrogen (secondary N) is 2. The topological polar surface area (TPSA) is 115 Å². The maximum atomic E-state index is 12.4. The van der Waals surface area contributed by atoms with Crippen LogP contribution >= 0.6 is 0 Å². The maximum Gasteiger partial charge on any atom is 0.338 e. The Morgan fingerprint density at radius 3 is 2.31 bits per heavy atom. The SMILES string of the molecule is CCc1ccc(NC(=O)[C@@H](C)OC(=O)c2ccc(S(=O)(=O)NCc3ccco3)cc2)cc1. The Kier molecular flexibility index (Phi) is 7.45.